The topological polar surface area (TPSA) is 35.6 Å². The first-order valence-electron chi connectivity index (χ1n) is 18.3. The molecule has 0 radical (unpaired) electrons. The van der Waals surface area contributed by atoms with Gasteiger partial charge in [-0.3, -0.25) is 4.57 Å². The van der Waals surface area contributed by atoms with Crippen molar-refractivity contribution in [1.29, 1.82) is 0 Å². The van der Waals surface area contributed by atoms with Crippen LogP contribution in [0.15, 0.2) is 194 Å². The highest BCUT2D eigenvalue weighted by molar-refractivity contribution is 6.13. The Kier molecular flexibility index (Phi) is 6.82. The van der Waals surface area contributed by atoms with Crippen molar-refractivity contribution in [2.45, 2.75) is 0 Å². The van der Waals surface area contributed by atoms with Gasteiger partial charge in [0.1, 0.15) is 5.69 Å². The lowest BCUT2D eigenvalue weighted by atomic mass is 10.0. The Labute approximate surface area is 311 Å². The van der Waals surface area contributed by atoms with Gasteiger partial charge in [-0.25, -0.2) is 9.97 Å². The molecule has 11 rings (SSSR count). The van der Waals surface area contributed by atoms with Crippen molar-refractivity contribution >= 4 is 54.6 Å². The van der Waals surface area contributed by atoms with Crippen molar-refractivity contribution < 1.29 is 0 Å². The molecule has 252 valence electrons. The highest BCUT2D eigenvalue weighted by atomic mass is 15.1. The number of hydrogen-bond acceptors (Lipinski definition) is 2. The van der Waals surface area contributed by atoms with E-state index in [1.54, 1.807) is 0 Å². The van der Waals surface area contributed by atoms with Gasteiger partial charge in [0.25, 0.3) is 0 Å². The van der Waals surface area contributed by atoms with Crippen LogP contribution in [0.1, 0.15) is 0 Å². The summed E-state index contributed by atoms with van der Waals surface area (Å²) >= 11 is 0. The van der Waals surface area contributed by atoms with Crippen LogP contribution in [0, 0.1) is 0 Å². The van der Waals surface area contributed by atoms with Crippen LogP contribution in [0.3, 0.4) is 0 Å². The summed E-state index contributed by atoms with van der Waals surface area (Å²) < 4.78 is 4.68. The molecule has 0 N–H and O–H groups in total. The standard InChI is InChI=1S/C50H32N4/c1-3-14-33(15-4-1)35-18-13-19-38(30-35)53-45-24-11-7-20-39(45)41-31-36(26-28-47(41)53)37-27-29-48-42(32-37)40-21-8-12-25-46(40)54(48)50-49(34-16-5-2-6-17-34)51-43-22-9-10-23-44(43)52-50/h1-32H. The lowest BCUT2D eigenvalue weighted by Crippen LogP contribution is -2.03. The van der Waals surface area contributed by atoms with Crippen molar-refractivity contribution in [3.8, 4) is 45.0 Å². The fourth-order valence-corrected chi connectivity index (χ4v) is 8.20. The van der Waals surface area contributed by atoms with Gasteiger partial charge in [0.05, 0.1) is 33.1 Å². The van der Waals surface area contributed by atoms with Crippen LogP contribution in [0.4, 0.5) is 0 Å². The minimum absolute atomic E-state index is 0.824. The molecule has 8 aromatic carbocycles. The van der Waals surface area contributed by atoms with Gasteiger partial charge in [-0.15, -0.1) is 0 Å². The summed E-state index contributed by atoms with van der Waals surface area (Å²) in [6.45, 7) is 0. The van der Waals surface area contributed by atoms with Crippen LogP contribution >= 0.6 is 0 Å². The lowest BCUT2D eigenvalue weighted by molar-refractivity contribution is 1.08. The molecule has 0 amide bonds. The van der Waals surface area contributed by atoms with Crippen LogP contribution in [-0.2, 0) is 0 Å². The normalized spacial score (nSPS) is 11.7. The smallest absolute Gasteiger partial charge is 0.165 e. The summed E-state index contributed by atoms with van der Waals surface area (Å²) in [5.41, 5.74) is 14.1. The molecule has 0 spiro atoms. The fraction of sp³-hybridized carbons (Fsp3) is 0. The molecule has 4 nitrogen and oxygen atoms in total. The summed E-state index contributed by atoms with van der Waals surface area (Å²) in [5, 5.41) is 4.83. The minimum Gasteiger partial charge on any atom is -0.309 e. The summed E-state index contributed by atoms with van der Waals surface area (Å²) in [5.74, 6) is 0.824. The molecule has 0 fully saturated rings. The van der Waals surface area contributed by atoms with E-state index in [1.807, 2.05) is 30.3 Å². The maximum Gasteiger partial charge on any atom is 0.165 e. The molecule has 3 aromatic heterocycles. The van der Waals surface area contributed by atoms with Crippen molar-refractivity contribution in [2.24, 2.45) is 0 Å². The molecule has 0 saturated heterocycles. The van der Waals surface area contributed by atoms with Gasteiger partial charge in [0, 0.05) is 32.8 Å². The molecular weight excluding hydrogens is 657 g/mol. The van der Waals surface area contributed by atoms with Crippen molar-refractivity contribution in [3.05, 3.63) is 194 Å². The van der Waals surface area contributed by atoms with E-state index in [1.165, 1.54) is 54.8 Å². The van der Waals surface area contributed by atoms with Crippen molar-refractivity contribution in [1.82, 2.24) is 19.1 Å². The Morgan fingerprint density at radius 3 is 1.44 bits per heavy atom. The van der Waals surface area contributed by atoms with Crippen LogP contribution in [-0.4, -0.2) is 19.1 Å². The summed E-state index contributed by atoms with van der Waals surface area (Å²) in [6, 6.07) is 69.1. The summed E-state index contributed by atoms with van der Waals surface area (Å²) in [6.07, 6.45) is 0. The van der Waals surface area contributed by atoms with Crippen LogP contribution in [0.25, 0.3) is 99.7 Å². The lowest BCUT2D eigenvalue weighted by Gasteiger charge is -2.14. The van der Waals surface area contributed by atoms with Gasteiger partial charge in [-0.1, -0.05) is 133 Å². The Hall–Kier alpha value is -7.30. The number of nitrogens with zero attached hydrogens (tertiary/aromatic N) is 4. The van der Waals surface area contributed by atoms with Gasteiger partial charge < -0.3 is 4.57 Å². The average Bonchev–Trinajstić information content (AvgIpc) is 3.76. The second kappa shape index (κ2) is 12.1. The quantitative estimate of drug-likeness (QED) is 0.180. The summed E-state index contributed by atoms with van der Waals surface area (Å²) in [7, 11) is 0. The van der Waals surface area contributed by atoms with E-state index in [9.17, 15) is 0 Å². The van der Waals surface area contributed by atoms with Crippen LogP contribution < -0.4 is 0 Å². The third-order valence-electron chi connectivity index (χ3n) is 10.7. The summed E-state index contributed by atoms with van der Waals surface area (Å²) in [4.78, 5) is 10.5. The predicted octanol–water partition coefficient (Wildman–Crippen LogP) is 12.8. The Balaban J connectivity index is 1.10. The molecule has 0 saturated carbocycles. The zero-order valence-electron chi connectivity index (χ0n) is 29.3. The molecule has 4 heteroatoms. The second-order valence-corrected chi connectivity index (χ2v) is 13.8. The Bertz CT molecular complexity index is 3210. The maximum atomic E-state index is 5.29. The Morgan fingerprint density at radius 2 is 0.778 bits per heavy atom. The molecule has 3 heterocycles. The van der Waals surface area contributed by atoms with E-state index in [4.69, 9.17) is 9.97 Å². The number of hydrogen-bond donors (Lipinski definition) is 0. The van der Waals surface area contributed by atoms with E-state index in [-0.39, 0.29) is 0 Å². The predicted molar refractivity (Wildman–Crippen MR) is 225 cm³/mol. The molecular formula is C50H32N4. The van der Waals surface area contributed by atoms with E-state index in [2.05, 4.69) is 173 Å². The number of benzene rings is 8. The average molecular weight is 689 g/mol. The number of fused-ring (bicyclic) bond motifs is 7. The highest BCUT2D eigenvalue weighted by Crippen LogP contribution is 2.40. The van der Waals surface area contributed by atoms with Crippen molar-refractivity contribution in [3.63, 3.8) is 0 Å². The number of aromatic nitrogens is 4. The first-order chi connectivity index (χ1) is 26.8. The zero-order chi connectivity index (χ0) is 35.6. The molecule has 0 aliphatic carbocycles. The molecule has 0 bridgehead atoms. The fourth-order valence-electron chi connectivity index (χ4n) is 8.20. The zero-order valence-corrected chi connectivity index (χ0v) is 29.3. The van der Waals surface area contributed by atoms with E-state index < -0.39 is 0 Å². The second-order valence-electron chi connectivity index (χ2n) is 13.8. The number of para-hydroxylation sites is 4. The number of rotatable bonds is 5. The maximum absolute atomic E-state index is 5.29. The third-order valence-corrected chi connectivity index (χ3v) is 10.7. The van der Waals surface area contributed by atoms with Crippen molar-refractivity contribution in [2.75, 3.05) is 0 Å². The van der Waals surface area contributed by atoms with Gasteiger partial charge in [0.2, 0.25) is 0 Å². The molecule has 0 atom stereocenters. The van der Waals surface area contributed by atoms with Gasteiger partial charge in [0.15, 0.2) is 5.82 Å². The van der Waals surface area contributed by atoms with E-state index in [0.29, 0.717) is 0 Å². The van der Waals surface area contributed by atoms with Gasteiger partial charge in [-0.2, -0.15) is 0 Å². The first-order valence-corrected chi connectivity index (χ1v) is 18.3. The van der Waals surface area contributed by atoms with E-state index in [0.717, 1.165) is 44.8 Å². The minimum atomic E-state index is 0.824. The molecule has 0 aliphatic rings. The molecule has 0 unspecified atom stereocenters. The highest BCUT2D eigenvalue weighted by Gasteiger charge is 2.20. The third kappa shape index (κ3) is 4.78. The van der Waals surface area contributed by atoms with Crippen LogP contribution in [0.5, 0.6) is 0 Å². The SMILES string of the molecule is c1ccc(-c2cccc(-n3c4ccccc4c4cc(-c5ccc6c(c5)c5ccccc5n6-c5nc6ccccc6nc5-c5ccccc5)ccc43)c2)cc1. The molecule has 0 aliphatic heterocycles. The van der Waals surface area contributed by atoms with Gasteiger partial charge >= 0.3 is 0 Å². The molecule has 54 heavy (non-hydrogen) atoms. The Morgan fingerprint density at radius 1 is 0.296 bits per heavy atom. The van der Waals surface area contributed by atoms with Crippen LogP contribution in [0.2, 0.25) is 0 Å². The molecule has 11 aromatic rings. The monoisotopic (exact) mass is 688 g/mol. The van der Waals surface area contributed by atoms with E-state index >= 15 is 0 Å². The largest absolute Gasteiger partial charge is 0.309 e. The van der Waals surface area contributed by atoms with Gasteiger partial charge in [-0.05, 0) is 82.9 Å². The first kappa shape index (κ1) is 30.3.